The normalized spacial score (nSPS) is 12.0. The molecule has 0 radical (unpaired) electrons. The van der Waals surface area contributed by atoms with E-state index in [1.807, 2.05) is 13.0 Å². The molecule has 0 spiro atoms. The van der Waals surface area contributed by atoms with Crippen LogP contribution in [0.4, 0.5) is 0 Å². The fourth-order valence-corrected chi connectivity index (χ4v) is 5.73. The molecule has 11 heteroatoms. The van der Waals surface area contributed by atoms with E-state index in [1.165, 1.54) is 38.4 Å². The Morgan fingerprint density at radius 3 is 1.92 bits per heavy atom. The van der Waals surface area contributed by atoms with Crippen LogP contribution in [0.3, 0.4) is 0 Å². The van der Waals surface area contributed by atoms with Crippen molar-refractivity contribution in [2.45, 2.75) is 29.8 Å². The minimum Gasteiger partial charge on any atom is -0.494 e. The number of nitrogens with zero attached hydrogens (tertiary/aromatic N) is 2. The lowest BCUT2D eigenvalue weighted by molar-refractivity contribution is -0.121. The second kappa shape index (κ2) is 12.3. The Balaban J connectivity index is 1.74. The van der Waals surface area contributed by atoms with E-state index in [-0.39, 0.29) is 22.9 Å². The van der Waals surface area contributed by atoms with Crippen LogP contribution in [0, 0.1) is 0 Å². The van der Waals surface area contributed by atoms with Gasteiger partial charge in [0.1, 0.15) is 5.75 Å². The molecule has 198 valence electrons. The van der Waals surface area contributed by atoms with Gasteiger partial charge in [-0.3, -0.25) is 4.79 Å². The van der Waals surface area contributed by atoms with Crippen LogP contribution < -0.4 is 10.1 Å². The monoisotopic (exact) mass is 545 g/mol. The average Bonchev–Trinajstić information content (AvgIpc) is 2.88. The second-order valence-electron chi connectivity index (χ2n) is 8.37. The van der Waals surface area contributed by atoms with Crippen LogP contribution in [0.1, 0.15) is 18.1 Å². The number of sulfonamides is 2. The zero-order valence-corrected chi connectivity index (χ0v) is 22.6. The maximum absolute atomic E-state index is 13.4. The molecule has 0 aliphatic heterocycles. The number of carbonyl (C=O) groups excluding carboxylic acids is 1. The van der Waals surface area contributed by atoms with Crippen molar-refractivity contribution in [2.75, 3.05) is 27.2 Å². The van der Waals surface area contributed by atoms with Gasteiger partial charge in [0.05, 0.1) is 22.9 Å². The molecule has 1 N–H and O–H groups in total. The van der Waals surface area contributed by atoms with Crippen molar-refractivity contribution >= 4 is 26.0 Å². The Hall–Kier alpha value is -3.25. The van der Waals surface area contributed by atoms with Crippen molar-refractivity contribution in [3.05, 3.63) is 90.0 Å². The van der Waals surface area contributed by atoms with Crippen molar-refractivity contribution in [1.82, 2.24) is 13.9 Å². The predicted molar refractivity (Wildman–Crippen MR) is 141 cm³/mol. The summed E-state index contributed by atoms with van der Waals surface area (Å²) in [6.07, 6.45) is 0. The summed E-state index contributed by atoms with van der Waals surface area (Å²) >= 11 is 0. The van der Waals surface area contributed by atoms with Gasteiger partial charge < -0.3 is 10.1 Å². The molecule has 0 atom stereocenters. The van der Waals surface area contributed by atoms with E-state index >= 15 is 0 Å². The van der Waals surface area contributed by atoms with Crippen molar-refractivity contribution in [3.8, 4) is 5.75 Å². The van der Waals surface area contributed by atoms with Crippen molar-refractivity contribution in [2.24, 2.45) is 0 Å². The molecule has 9 nitrogen and oxygen atoms in total. The minimum absolute atomic E-state index is 0.0148. The van der Waals surface area contributed by atoms with Crippen LogP contribution in [-0.4, -0.2) is 58.6 Å². The highest BCUT2D eigenvalue weighted by Crippen LogP contribution is 2.21. The number of amides is 1. The molecular weight excluding hydrogens is 514 g/mol. The number of benzene rings is 3. The van der Waals surface area contributed by atoms with Crippen molar-refractivity contribution in [3.63, 3.8) is 0 Å². The third kappa shape index (κ3) is 7.39. The first-order valence-corrected chi connectivity index (χ1v) is 14.5. The third-order valence-electron chi connectivity index (χ3n) is 5.49. The fraction of sp³-hybridized carbons (Fsp3) is 0.269. The van der Waals surface area contributed by atoms with Gasteiger partial charge in [-0.25, -0.2) is 21.1 Å². The summed E-state index contributed by atoms with van der Waals surface area (Å²) in [6.45, 7) is 2.04. The van der Waals surface area contributed by atoms with Gasteiger partial charge in [0.25, 0.3) is 0 Å². The highest BCUT2D eigenvalue weighted by atomic mass is 32.2. The first-order chi connectivity index (χ1) is 17.5. The number of carbonyl (C=O) groups is 1. The minimum atomic E-state index is -3.99. The lowest BCUT2D eigenvalue weighted by atomic mass is 10.2. The summed E-state index contributed by atoms with van der Waals surface area (Å²) < 4.78 is 59.0. The van der Waals surface area contributed by atoms with Crippen LogP contribution in [0.2, 0.25) is 0 Å². The van der Waals surface area contributed by atoms with Crippen LogP contribution in [-0.2, 0) is 37.9 Å². The Bertz CT molecular complexity index is 1390. The van der Waals surface area contributed by atoms with Gasteiger partial charge in [-0.15, -0.1) is 0 Å². The van der Waals surface area contributed by atoms with Crippen LogP contribution in [0.5, 0.6) is 5.75 Å². The van der Waals surface area contributed by atoms with Gasteiger partial charge in [0.15, 0.2) is 0 Å². The average molecular weight is 546 g/mol. The molecule has 37 heavy (non-hydrogen) atoms. The summed E-state index contributed by atoms with van der Waals surface area (Å²) in [5.74, 6) is 0.0636. The molecule has 0 aromatic heterocycles. The van der Waals surface area contributed by atoms with Gasteiger partial charge in [0, 0.05) is 27.2 Å². The Labute approximate surface area is 218 Å². The standard InChI is InChI=1S/C26H31N3O6S2/c1-4-35-23-12-16-25(17-13-23)37(33,34)29(19-22-8-6-5-7-9-22)20-26(30)27-18-21-10-14-24(15-11-21)36(31,32)28(2)3/h5-17H,4,18-20H2,1-3H3,(H,27,30). The predicted octanol–water partition coefficient (Wildman–Crippen LogP) is 2.84. The maximum atomic E-state index is 13.4. The molecule has 0 heterocycles. The zero-order chi connectivity index (χ0) is 27.1. The molecule has 0 unspecified atom stereocenters. The molecule has 0 aliphatic rings. The second-order valence-corrected chi connectivity index (χ2v) is 12.5. The number of hydrogen-bond donors (Lipinski definition) is 1. The van der Waals surface area contributed by atoms with E-state index < -0.39 is 32.5 Å². The van der Waals surface area contributed by atoms with Crippen LogP contribution in [0.25, 0.3) is 0 Å². The van der Waals surface area contributed by atoms with Crippen LogP contribution in [0.15, 0.2) is 88.7 Å². The molecule has 0 saturated heterocycles. The van der Waals surface area contributed by atoms with E-state index in [1.54, 1.807) is 48.5 Å². The fourth-order valence-electron chi connectivity index (χ4n) is 3.44. The van der Waals surface area contributed by atoms with Gasteiger partial charge in [-0.2, -0.15) is 4.31 Å². The van der Waals surface area contributed by atoms with E-state index in [4.69, 9.17) is 4.74 Å². The molecule has 3 aromatic carbocycles. The Morgan fingerprint density at radius 1 is 0.784 bits per heavy atom. The van der Waals surface area contributed by atoms with E-state index in [9.17, 15) is 21.6 Å². The Kier molecular flexibility index (Phi) is 9.44. The maximum Gasteiger partial charge on any atom is 0.243 e. The molecule has 1 amide bonds. The molecule has 0 saturated carbocycles. The molecule has 0 aliphatic carbocycles. The summed E-state index contributed by atoms with van der Waals surface area (Å²) in [7, 11) is -4.65. The van der Waals surface area contributed by atoms with E-state index in [2.05, 4.69) is 5.32 Å². The van der Waals surface area contributed by atoms with E-state index in [0.29, 0.717) is 17.9 Å². The quantitative estimate of drug-likeness (QED) is 0.375. The lowest BCUT2D eigenvalue weighted by Crippen LogP contribution is -2.40. The summed E-state index contributed by atoms with van der Waals surface area (Å²) in [6, 6.07) is 21.2. The number of nitrogens with one attached hydrogen (secondary N) is 1. The van der Waals surface area contributed by atoms with Gasteiger partial charge in [-0.1, -0.05) is 42.5 Å². The van der Waals surface area contributed by atoms with Gasteiger partial charge in [0.2, 0.25) is 26.0 Å². The summed E-state index contributed by atoms with van der Waals surface area (Å²) in [4.78, 5) is 13.0. The third-order valence-corrected chi connectivity index (χ3v) is 9.12. The first-order valence-electron chi connectivity index (χ1n) is 11.6. The van der Waals surface area contributed by atoms with Gasteiger partial charge in [-0.05, 0) is 54.4 Å². The van der Waals surface area contributed by atoms with Crippen LogP contribution >= 0.6 is 0 Å². The summed E-state index contributed by atoms with van der Waals surface area (Å²) in [5, 5.41) is 2.72. The highest BCUT2D eigenvalue weighted by molar-refractivity contribution is 7.89. The van der Waals surface area contributed by atoms with Crippen molar-refractivity contribution < 1.29 is 26.4 Å². The highest BCUT2D eigenvalue weighted by Gasteiger charge is 2.27. The number of hydrogen-bond acceptors (Lipinski definition) is 6. The largest absolute Gasteiger partial charge is 0.494 e. The number of ether oxygens (including phenoxy) is 1. The van der Waals surface area contributed by atoms with Crippen molar-refractivity contribution in [1.29, 1.82) is 0 Å². The molecule has 0 bridgehead atoms. The Morgan fingerprint density at radius 2 is 1.35 bits per heavy atom. The molecular formula is C26H31N3O6S2. The SMILES string of the molecule is CCOc1ccc(S(=O)(=O)N(CC(=O)NCc2ccc(S(=O)(=O)N(C)C)cc2)Cc2ccccc2)cc1. The zero-order valence-electron chi connectivity index (χ0n) is 21.0. The summed E-state index contributed by atoms with van der Waals surface area (Å²) in [5.41, 5.74) is 1.41. The topological polar surface area (TPSA) is 113 Å². The lowest BCUT2D eigenvalue weighted by Gasteiger charge is -2.22. The first kappa shape index (κ1) is 28.3. The molecule has 3 aromatic rings. The number of rotatable bonds is 12. The molecule has 3 rings (SSSR count). The molecule has 0 fully saturated rings. The van der Waals surface area contributed by atoms with Gasteiger partial charge >= 0.3 is 0 Å². The smallest absolute Gasteiger partial charge is 0.243 e. The van der Waals surface area contributed by atoms with E-state index in [0.717, 1.165) is 14.2 Å².